The molecule has 1 N–H and O–H groups in total. The molecule has 0 aromatic heterocycles. The lowest BCUT2D eigenvalue weighted by atomic mass is 10.2. The second-order valence-corrected chi connectivity index (χ2v) is 9.30. The maximum atomic E-state index is 13.3. The molecule has 10 heteroatoms. The SMILES string of the molecule is O=C(CN(c1cc(Cl)cc(Cl)c1)S(=O)(=O)c1ccccc1)Nc1ccc2c(c1)OCO2. The van der Waals surface area contributed by atoms with Gasteiger partial charge in [-0.2, -0.15) is 0 Å². The Morgan fingerprint density at radius 3 is 2.32 bits per heavy atom. The third-order valence-electron chi connectivity index (χ3n) is 4.41. The maximum Gasteiger partial charge on any atom is 0.264 e. The van der Waals surface area contributed by atoms with Gasteiger partial charge in [0.1, 0.15) is 6.54 Å². The van der Waals surface area contributed by atoms with Gasteiger partial charge in [0.2, 0.25) is 12.7 Å². The van der Waals surface area contributed by atoms with Gasteiger partial charge < -0.3 is 14.8 Å². The molecule has 160 valence electrons. The molecule has 1 amide bonds. The van der Waals surface area contributed by atoms with Crippen LogP contribution in [-0.4, -0.2) is 27.7 Å². The number of hydrogen-bond acceptors (Lipinski definition) is 5. The summed E-state index contributed by atoms with van der Waals surface area (Å²) in [7, 11) is -4.07. The molecule has 1 aliphatic rings. The Kier molecular flexibility index (Phi) is 5.95. The molecule has 0 radical (unpaired) electrons. The summed E-state index contributed by atoms with van der Waals surface area (Å²) in [5, 5.41) is 3.16. The Morgan fingerprint density at radius 1 is 0.935 bits per heavy atom. The van der Waals surface area contributed by atoms with E-state index in [-0.39, 0.29) is 27.4 Å². The van der Waals surface area contributed by atoms with Crippen LogP contribution in [0.5, 0.6) is 11.5 Å². The van der Waals surface area contributed by atoms with Crippen LogP contribution in [0.25, 0.3) is 0 Å². The number of ether oxygens (including phenoxy) is 2. The average molecular weight is 479 g/mol. The summed E-state index contributed by atoms with van der Waals surface area (Å²) >= 11 is 12.2. The van der Waals surface area contributed by atoms with Crippen molar-refractivity contribution in [2.75, 3.05) is 23.0 Å². The minimum Gasteiger partial charge on any atom is -0.454 e. The lowest BCUT2D eigenvalue weighted by molar-refractivity contribution is -0.114. The van der Waals surface area contributed by atoms with Crippen LogP contribution in [0.15, 0.2) is 71.6 Å². The molecule has 3 aromatic rings. The molecule has 1 aliphatic heterocycles. The zero-order chi connectivity index (χ0) is 22.0. The topological polar surface area (TPSA) is 84.9 Å². The van der Waals surface area contributed by atoms with Gasteiger partial charge in [-0.3, -0.25) is 9.10 Å². The molecule has 31 heavy (non-hydrogen) atoms. The highest BCUT2D eigenvalue weighted by molar-refractivity contribution is 7.92. The van der Waals surface area contributed by atoms with Crippen molar-refractivity contribution in [1.82, 2.24) is 0 Å². The highest BCUT2D eigenvalue weighted by Crippen LogP contribution is 2.34. The van der Waals surface area contributed by atoms with Crippen molar-refractivity contribution in [2.45, 2.75) is 4.90 Å². The maximum absolute atomic E-state index is 13.3. The normalized spacial score (nSPS) is 12.5. The first-order valence-corrected chi connectivity index (χ1v) is 11.3. The summed E-state index contributed by atoms with van der Waals surface area (Å²) < 4.78 is 38.2. The number of amides is 1. The van der Waals surface area contributed by atoms with E-state index in [0.29, 0.717) is 17.2 Å². The second-order valence-electron chi connectivity index (χ2n) is 6.57. The molecular weight excluding hydrogens is 463 g/mol. The van der Waals surface area contributed by atoms with E-state index in [0.717, 1.165) is 4.31 Å². The smallest absolute Gasteiger partial charge is 0.264 e. The van der Waals surface area contributed by atoms with Crippen LogP contribution in [0.1, 0.15) is 0 Å². The molecule has 7 nitrogen and oxygen atoms in total. The summed E-state index contributed by atoms with van der Waals surface area (Å²) in [6.45, 7) is -0.395. The van der Waals surface area contributed by atoms with Crippen LogP contribution < -0.4 is 19.1 Å². The number of benzene rings is 3. The number of carbonyl (C=O) groups excluding carboxylic acids is 1. The van der Waals surface area contributed by atoms with Crippen LogP contribution in [0.4, 0.5) is 11.4 Å². The third kappa shape index (κ3) is 4.71. The summed E-state index contributed by atoms with van der Waals surface area (Å²) in [6.07, 6.45) is 0. The number of anilines is 2. The van der Waals surface area contributed by atoms with E-state index in [9.17, 15) is 13.2 Å². The molecule has 0 fully saturated rings. The zero-order valence-electron chi connectivity index (χ0n) is 15.9. The van der Waals surface area contributed by atoms with Gasteiger partial charge in [-0.25, -0.2) is 8.42 Å². The van der Waals surface area contributed by atoms with E-state index >= 15 is 0 Å². The van der Waals surface area contributed by atoms with Gasteiger partial charge >= 0.3 is 0 Å². The van der Waals surface area contributed by atoms with E-state index in [2.05, 4.69) is 5.32 Å². The number of carbonyl (C=O) groups is 1. The van der Waals surface area contributed by atoms with Gasteiger partial charge in [-0.05, 0) is 42.5 Å². The number of nitrogens with zero attached hydrogens (tertiary/aromatic N) is 1. The van der Waals surface area contributed by atoms with E-state index in [1.54, 1.807) is 36.4 Å². The highest BCUT2D eigenvalue weighted by Gasteiger charge is 2.28. The Morgan fingerprint density at radius 2 is 1.61 bits per heavy atom. The van der Waals surface area contributed by atoms with Gasteiger partial charge in [-0.1, -0.05) is 41.4 Å². The van der Waals surface area contributed by atoms with Gasteiger partial charge in [0.05, 0.1) is 10.6 Å². The number of halogens is 2. The standard InChI is InChI=1S/C21H16Cl2N2O5S/c22-14-8-15(23)10-17(9-14)25(31(27,28)18-4-2-1-3-5-18)12-21(26)24-16-6-7-19-20(11-16)30-13-29-19/h1-11H,12-13H2,(H,24,26). The van der Waals surface area contributed by atoms with Crippen LogP contribution >= 0.6 is 23.2 Å². The molecule has 0 atom stereocenters. The van der Waals surface area contributed by atoms with Crippen molar-refractivity contribution in [3.8, 4) is 11.5 Å². The minimum absolute atomic E-state index is 0.0296. The van der Waals surface area contributed by atoms with Crippen molar-refractivity contribution in [3.63, 3.8) is 0 Å². The fraction of sp³-hybridized carbons (Fsp3) is 0.0952. The molecule has 0 bridgehead atoms. The molecule has 3 aromatic carbocycles. The molecule has 0 saturated carbocycles. The van der Waals surface area contributed by atoms with Crippen LogP contribution in [0.3, 0.4) is 0 Å². The fourth-order valence-corrected chi connectivity index (χ4v) is 4.96. The third-order valence-corrected chi connectivity index (χ3v) is 6.63. The van der Waals surface area contributed by atoms with Gasteiger partial charge in [0, 0.05) is 21.8 Å². The van der Waals surface area contributed by atoms with Crippen LogP contribution in [0, 0.1) is 0 Å². The highest BCUT2D eigenvalue weighted by atomic mass is 35.5. The first kappa shape index (κ1) is 21.3. The lowest BCUT2D eigenvalue weighted by Gasteiger charge is -2.24. The van der Waals surface area contributed by atoms with E-state index in [1.807, 2.05) is 0 Å². The number of sulfonamides is 1. The van der Waals surface area contributed by atoms with E-state index < -0.39 is 22.5 Å². The first-order chi connectivity index (χ1) is 14.8. The molecule has 0 aliphatic carbocycles. The molecular formula is C21H16Cl2N2O5S. The Labute approximate surface area is 189 Å². The summed E-state index contributed by atoms with van der Waals surface area (Å²) in [4.78, 5) is 12.8. The van der Waals surface area contributed by atoms with Gasteiger partial charge in [0.25, 0.3) is 10.0 Å². The number of fused-ring (bicyclic) bond motifs is 1. The summed E-state index contributed by atoms with van der Waals surface area (Å²) in [5.41, 5.74) is 0.609. The largest absolute Gasteiger partial charge is 0.454 e. The van der Waals surface area contributed by atoms with Crippen molar-refractivity contribution >= 4 is 50.5 Å². The second kappa shape index (κ2) is 8.66. The zero-order valence-corrected chi connectivity index (χ0v) is 18.2. The Bertz CT molecular complexity index is 1220. The van der Waals surface area contributed by atoms with Gasteiger partial charge in [-0.15, -0.1) is 0 Å². The number of hydrogen-bond donors (Lipinski definition) is 1. The average Bonchev–Trinajstić information content (AvgIpc) is 3.19. The molecule has 4 rings (SSSR count). The predicted octanol–water partition coefficient (Wildman–Crippen LogP) is 4.56. The van der Waals surface area contributed by atoms with Crippen LogP contribution in [-0.2, 0) is 14.8 Å². The first-order valence-electron chi connectivity index (χ1n) is 9.06. The minimum atomic E-state index is -4.07. The van der Waals surface area contributed by atoms with E-state index in [4.69, 9.17) is 32.7 Å². The van der Waals surface area contributed by atoms with Gasteiger partial charge in [0.15, 0.2) is 11.5 Å². The molecule has 0 saturated heterocycles. The van der Waals surface area contributed by atoms with Crippen molar-refractivity contribution in [2.24, 2.45) is 0 Å². The molecule has 1 heterocycles. The Hall–Kier alpha value is -2.94. The number of rotatable bonds is 6. The van der Waals surface area contributed by atoms with Crippen molar-refractivity contribution in [3.05, 3.63) is 76.8 Å². The Balaban J connectivity index is 1.65. The predicted molar refractivity (Wildman–Crippen MR) is 119 cm³/mol. The monoisotopic (exact) mass is 478 g/mol. The lowest BCUT2D eigenvalue weighted by Crippen LogP contribution is -2.38. The fourth-order valence-electron chi connectivity index (χ4n) is 3.02. The van der Waals surface area contributed by atoms with Crippen molar-refractivity contribution < 1.29 is 22.7 Å². The summed E-state index contributed by atoms with van der Waals surface area (Å²) in [5.74, 6) is 0.502. The quantitative estimate of drug-likeness (QED) is 0.561. The summed E-state index contributed by atoms with van der Waals surface area (Å²) in [6, 6.07) is 17.0. The molecule has 0 spiro atoms. The van der Waals surface area contributed by atoms with Crippen molar-refractivity contribution in [1.29, 1.82) is 0 Å². The molecule has 0 unspecified atom stereocenters. The van der Waals surface area contributed by atoms with E-state index in [1.165, 1.54) is 30.3 Å². The van der Waals surface area contributed by atoms with Crippen LogP contribution in [0.2, 0.25) is 10.0 Å². The number of nitrogens with one attached hydrogen (secondary N) is 1.